The number of nitrogens with zero attached hydrogens (tertiary/aromatic N) is 4. The molecule has 0 spiro atoms. The maximum atomic E-state index is 12.8. The molecule has 0 amide bonds. The summed E-state index contributed by atoms with van der Waals surface area (Å²) in [4.78, 5) is 10.9. The molecule has 1 aromatic carbocycles. The Morgan fingerprint density at radius 2 is 2.10 bits per heavy atom. The second kappa shape index (κ2) is 8.52. The fourth-order valence-electron chi connectivity index (χ4n) is 4.51. The van der Waals surface area contributed by atoms with Crippen LogP contribution in [-0.4, -0.2) is 40.8 Å². The number of hydrogen-bond acceptors (Lipinski definition) is 8. The minimum atomic E-state index is -3.76. The van der Waals surface area contributed by atoms with E-state index in [4.69, 9.17) is 4.74 Å². The van der Waals surface area contributed by atoms with E-state index in [1.807, 2.05) is 18.3 Å². The zero-order valence-corrected chi connectivity index (χ0v) is 18.5. The molecule has 2 atom stereocenters. The number of benzene rings is 1. The number of pyridine rings is 1. The molecule has 3 aromatic rings. The number of likely N-dealkylation sites (tertiary alicyclic amines) is 1. The molecular formula is C21H23N5O3S2. The van der Waals surface area contributed by atoms with Crippen molar-refractivity contribution in [3.05, 3.63) is 60.2 Å². The quantitative estimate of drug-likeness (QED) is 0.623. The monoisotopic (exact) mass is 457 g/mol. The Labute approximate surface area is 185 Å². The van der Waals surface area contributed by atoms with Crippen LogP contribution in [-0.2, 0) is 10.0 Å². The molecule has 0 bridgehead atoms. The average Bonchev–Trinajstić information content (AvgIpc) is 3.31. The predicted molar refractivity (Wildman–Crippen MR) is 118 cm³/mol. The third kappa shape index (κ3) is 4.15. The number of hydrogen-bond donors (Lipinski definition) is 1. The summed E-state index contributed by atoms with van der Waals surface area (Å²) < 4.78 is 37.7. The first-order valence-corrected chi connectivity index (χ1v) is 12.6. The molecule has 5 rings (SSSR count). The molecule has 1 fully saturated rings. The van der Waals surface area contributed by atoms with Crippen molar-refractivity contribution in [2.75, 3.05) is 17.9 Å². The van der Waals surface area contributed by atoms with Gasteiger partial charge in [-0.05, 0) is 37.1 Å². The second-order valence-electron chi connectivity index (χ2n) is 7.74. The van der Waals surface area contributed by atoms with Crippen molar-refractivity contribution in [3.63, 3.8) is 0 Å². The highest BCUT2D eigenvalue weighted by atomic mass is 32.2. The highest BCUT2D eigenvalue weighted by molar-refractivity contribution is 7.93. The number of ether oxygens (including phenoxy) is 1. The van der Waals surface area contributed by atoms with Crippen LogP contribution < -0.4 is 9.46 Å². The molecule has 2 aliphatic rings. The number of fused-ring (bicyclic) bond motifs is 1. The van der Waals surface area contributed by atoms with Crippen molar-refractivity contribution < 1.29 is 13.2 Å². The van der Waals surface area contributed by atoms with Gasteiger partial charge in [0.25, 0.3) is 10.0 Å². The summed E-state index contributed by atoms with van der Waals surface area (Å²) in [5.74, 6) is 0.631. The first-order chi connectivity index (χ1) is 15.1. The van der Waals surface area contributed by atoms with Gasteiger partial charge in [0.1, 0.15) is 12.1 Å². The molecule has 1 saturated heterocycles. The van der Waals surface area contributed by atoms with Crippen LogP contribution in [0, 0.1) is 0 Å². The van der Waals surface area contributed by atoms with Crippen molar-refractivity contribution in [3.8, 4) is 5.75 Å². The molecule has 1 N–H and O–H groups in total. The normalized spacial score (nSPS) is 21.8. The summed E-state index contributed by atoms with van der Waals surface area (Å²) in [6.45, 7) is 1.56. The zero-order valence-electron chi connectivity index (χ0n) is 16.8. The van der Waals surface area contributed by atoms with Crippen molar-refractivity contribution in [2.24, 2.45) is 0 Å². The van der Waals surface area contributed by atoms with Crippen LogP contribution in [0.1, 0.15) is 48.9 Å². The van der Waals surface area contributed by atoms with E-state index in [0.29, 0.717) is 18.4 Å². The SMILES string of the molecule is O=S(=O)(Nc1ncns1)c1ccc2c(c1)OCC[C@H]2N1CCCC[C@H]1c1cccnc1. The smallest absolute Gasteiger partial charge is 0.263 e. The molecule has 0 radical (unpaired) electrons. The summed E-state index contributed by atoms with van der Waals surface area (Å²) in [6, 6.07) is 9.78. The largest absolute Gasteiger partial charge is 0.493 e. The van der Waals surface area contributed by atoms with E-state index >= 15 is 0 Å². The number of anilines is 1. The molecule has 10 heteroatoms. The first-order valence-electron chi connectivity index (χ1n) is 10.3. The van der Waals surface area contributed by atoms with Crippen molar-refractivity contribution in [1.29, 1.82) is 0 Å². The van der Waals surface area contributed by atoms with Gasteiger partial charge in [-0.15, -0.1) is 0 Å². The molecule has 0 unspecified atom stereocenters. The van der Waals surface area contributed by atoms with Crippen LogP contribution in [0.25, 0.3) is 0 Å². The summed E-state index contributed by atoms with van der Waals surface area (Å²) in [7, 11) is -3.76. The van der Waals surface area contributed by atoms with E-state index in [9.17, 15) is 8.42 Å². The Hall–Kier alpha value is -2.56. The minimum Gasteiger partial charge on any atom is -0.493 e. The van der Waals surface area contributed by atoms with Crippen LogP contribution in [0.5, 0.6) is 5.75 Å². The Bertz CT molecular complexity index is 1140. The summed E-state index contributed by atoms with van der Waals surface area (Å²) in [5, 5.41) is 0.240. The van der Waals surface area contributed by atoms with E-state index in [0.717, 1.165) is 42.9 Å². The molecule has 8 nitrogen and oxygen atoms in total. The van der Waals surface area contributed by atoms with Crippen molar-refractivity contribution in [2.45, 2.75) is 42.7 Å². The molecule has 4 heterocycles. The van der Waals surface area contributed by atoms with Crippen LogP contribution in [0.4, 0.5) is 5.13 Å². The van der Waals surface area contributed by atoms with E-state index in [1.165, 1.54) is 18.3 Å². The van der Waals surface area contributed by atoms with Crippen LogP contribution >= 0.6 is 11.5 Å². The lowest BCUT2D eigenvalue weighted by Gasteiger charge is -2.43. The Morgan fingerprint density at radius 1 is 1.16 bits per heavy atom. The fraction of sp³-hybridized carbons (Fsp3) is 0.381. The van der Waals surface area contributed by atoms with Crippen molar-refractivity contribution >= 4 is 26.7 Å². The van der Waals surface area contributed by atoms with E-state index in [1.54, 1.807) is 18.3 Å². The molecule has 162 valence electrons. The molecular weight excluding hydrogens is 434 g/mol. The second-order valence-corrected chi connectivity index (χ2v) is 10.2. The Balaban J connectivity index is 1.45. The van der Waals surface area contributed by atoms with E-state index in [2.05, 4.69) is 30.0 Å². The lowest BCUT2D eigenvalue weighted by molar-refractivity contribution is 0.0666. The van der Waals surface area contributed by atoms with Gasteiger partial charge >= 0.3 is 0 Å². The first kappa shape index (κ1) is 20.3. The standard InChI is InChI=1S/C21H23N5O3S2/c27-31(28,25-21-23-14-24-30-21)16-6-7-17-19(8-11-29-20(17)12-16)26-10-2-1-5-18(26)15-4-3-9-22-13-15/h3-4,6-7,9,12-14,18-19H,1-2,5,8,10-11H2,(H,23,24,25)/t18-,19+/m0/s1. The van der Waals surface area contributed by atoms with Gasteiger partial charge < -0.3 is 4.74 Å². The van der Waals surface area contributed by atoms with Gasteiger partial charge in [0.05, 0.1) is 11.5 Å². The van der Waals surface area contributed by atoms with Gasteiger partial charge in [0.2, 0.25) is 5.13 Å². The average molecular weight is 458 g/mol. The Morgan fingerprint density at radius 3 is 2.90 bits per heavy atom. The Kier molecular flexibility index (Phi) is 5.59. The lowest BCUT2D eigenvalue weighted by Crippen LogP contribution is -2.39. The highest BCUT2D eigenvalue weighted by Crippen LogP contribution is 2.44. The third-order valence-corrected chi connectivity index (χ3v) is 7.95. The molecule has 0 aliphatic carbocycles. The number of sulfonamides is 1. The number of aromatic nitrogens is 3. The molecule has 31 heavy (non-hydrogen) atoms. The number of nitrogens with one attached hydrogen (secondary N) is 1. The summed E-state index contributed by atoms with van der Waals surface area (Å²) in [6.07, 6.45) is 9.40. The van der Waals surface area contributed by atoms with Gasteiger partial charge in [-0.2, -0.15) is 4.37 Å². The maximum Gasteiger partial charge on any atom is 0.263 e. The lowest BCUT2D eigenvalue weighted by atomic mass is 9.90. The molecule has 0 saturated carbocycles. The van der Waals surface area contributed by atoms with Gasteiger partial charge in [-0.1, -0.05) is 18.6 Å². The fourth-order valence-corrected chi connectivity index (χ4v) is 6.19. The highest BCUT2D eigenvalue weighted by Gasteiger charge is 2.34. The summed E-state index contributed by atoms with van der Waals surface area (Å²) in [5.41, 5.74) is 2.27. The van der Waals surface area contributed by atoms with Gasteiger partial charge in [0.15, 0.2) is 0 Å². The van der Waals surface area contributed by atoms with Gasteiger partial charge in [-0.25, -0.2) is 13.4 Å². The topological polar surface area (TPSA) is 97.3 Å². The van der Waals surface area contributed by atoms with Gasteiger partial charge in [0, 0.05) is 54.1 Å². The maximum absolute atomic E-state index is 12.8. The van der Waals surface area contributed by atoms with E-state index in [-0.39, 0.29) is 16.1 Å². The minimum absolute atomic E-state index is 0.157. The molecule has 2 aliphatic heterocycles. The van der Waals surface area contributed by atoms with Crippen LogP contribution in [0.2, 0.25) is 0 Å². The van der Waals surface area contributed by atoms with E-state index < -0.39 is 10.0 Å². The third-order valence-electron chi connectivity index (χ3n) is 5.90. The van der Waals surface area contributed by atoms with Crippen LogP contribution in [0.15, 0.2) is 53.9 Å². The number of rotatable bonds is 5. The molecule has 2 aromatic heterocycles. The number of piperidine rings is 1. The summed E-state index contributed by atoms with van der Waals surface area (Å²) >= 11 is 0.996. The predicted octanol–water partition coefficient (Wildman–Crippen LogP) is 3.78. The van der Waals surface area contributed by atoms with Crippen LogP contribution in [0.3, 0.4) is 0 Å². The van der Waals surface area contributed by atoms with Crippen molar-refractivity contribution in [1.82, 2.24) is 19.2 Å². The zero-order chi connectivity index (χ0) is 21.3. The van der Waals surface area contributed by atoms with Gasteiger partial charge in [-0.3, -0.25) is 14.6 Å².